The van der Waals surface area contributed by atoms with E-state index in [0.717, 1.165) is 22.5 Å². The molecule has 0 radical (unpaired) electrons. The maximum atomic E-state index is 6.06. The van der Waals surface area contributed by atoms with Crippen molar-refractivity contribution in [3.63, 3.8) is 0 Å². The Balaban J connectivity index is 1.87. The van der Waals surface area contributed by atoms with Crippen LogP contribution in [0.2, 0.25) is 0 Å². The molecular formula is C20H18N4. The summed E-state index contributed by atoms with van der Waals surface area (Å²) in [5, 5.41) is 0. The molecule has 118 valence electrons. The van der Waals surface area contributed by atoms with Crippen LogP contribution in [-0.4, -0.2) is 11.7 Å². The average Bonchev–Trinajstić information content (AvgIpc) is 2.63. The lowest BCUT2D eigenvalue weighted by Gasteiger charge is -2.03. The average molecular weight is 314 g/mol. The predicted molar refractivity (Wildman–Crippen MR) is 100 cm³/mol. The molecule has 4 nitrogen and oxygen atoms in total. The third-order valence-corrected chi connectivity index (χ3v) is 3.47. The zero-order valence-corrected chi connectivity index (χ0v) is 13.1. The number of rotatable bonds is 4. The van der Waals surface area contributed by atoms with Gasteiger partial charge in [0.25, 0.3) is 0 Å². The van der Waals surface area contributed by atoms with E-state index in [9.17, 15) is 0 Å². The molecule has 0 saturated carbocycles. The summed E-state index contributed by atoms with van der Waals surface area (Å²) in [6, 6.07) is 26.8. The summed E-state index contributed by atoms with van der Waals surface area (Å²) in [7, 11) is 0. The minimum Gasteiger partial charge on any atom is -0.383 e. The Kier molecular flexibility index (Phi) is 4.68. The molecular weight excluding hydrogens is 296 g/mol. The number of aliphatic imine (C=N–C) groups is 2. The fourth-order valence-corrected chi connectivity index (χ4v) is 2.26. The van der Waals surface area contributed by atoms with Crippen LogP contribution in [0.25, 0.3) is 0 Å². The lowest BCUT2D eigenvalue weighted by molar-refractivity contribution is 1.41. The Hall–Kier alpha value is -3.40. The van der Waals surface area contributed by atoms with Crippen molar-refractivity contribution in [3.05, 3.63) is 96.1 Å². The van der Waals surface area contributed by atoms with E-state index in [2.05, 4.69) is 9.98 Å². The molecule has 0 bridgehead atoms. The lowest BCUT2D eigenvalue weighted by Crippen LogP contribution is -2.12. The number of nitrogens with two attached hydrogens (primary N) is 2. The molecule has 0 aliphatic rings. The molecule has 3 aromatic carbocycles. The minimum atomic E-state index is 0.466. The first kappa shape index (κ1) is 15.5. The summed E-state index contributed by atoms with van der Waals surface area (Å²) in [5.74, 6) is 0.931. The molecule has 0 amide bonds. The van der Waals surface area contributed by atoms with Gasteiger partial charge in [-0.15, -0.1) is 0 Å². The van der Waals surface area contributed by atoms with Crippen molar-refractivity contribution in [1.82, 2.24) is 0 Å². The number of hydrogen-bond donors (Lipinski definition) is 2. The molecule has 4 N–H and O–H groups in total. The van der Waals surface area contributed by atoms with Gasteiger partial charge in [0.1, 0.15) is 11.7 Å². The largest absolute Gasteiger partial charge is 0.383 e. The summed E-state index contributed by atoms with van der Waals surface area (Å²) >= 11 is 0. The Bertz CT molecular complexity index is 798. The second kappa shape index (κ2) is 7.24. The minimum absolute atomic E-state index is 0.466. The van der Waals surface area contributed by atoms with Crippen molar-refractivity contribution >= 4 is 23.0 Å². The van der Waals surface area contributed by atoms with E-state index in [-0.39, 0.29) is 0 Å². The van der Waals surface area contributed by atoms with Crippen LogP contribution in [0.4, 0.5) is 11.4 Å². The highest BCUT2D eigenvalue weighted by molar-refractivity contribution is 6.00. The van der Waals surface area contributed by atoms with E-state index in [4.69, 9.17) is 11.5 Å². The van der Waals surface area contributed by atoms with E-state index in [1.165, 1.54) is 0 Å². The summed E-state index contributed by atoms with van der Waals surface area (Å²) in [5.41, 5.74) is 15.4. The zero-order chi connectivity index (χ0) is 16.8. The topological polar surface area (TPSA) is 76.8 Å². The molecule has 0 heterocycles. The van der Waals surface area contributed by atoms with Crippen LogP contribution in [0.1, 0.15) is 11.1 Å². The van der Waals surface area contributed by atoms with Gasteiger partial charge in [0, 0.05) is 11.1 Å². The van der Waals surface area contributed by atoms with Gasteiger partial charge in [-0.25, -0.2) is 9.98 Å². The standard InChI is InChI=1S/C20H18N4/c21-19(15-8-3-1-4-9-15)23-17-12-7-13-18(14-17)24-20(22)16-10-5-2-6-11-16/h1-14H,(H2,21,23)(H2,22,24). The van der Waals surface area contributed by atoms with E-state index in [0.29, 0.717) is 11.7 Å². The molecule has 0 unspecified atom stereocenters. The number of nitrogens with zero attached hydrogens (tertiary/aromatic N) is 2. The number of amidine groups is 2. The molecule has 0 fully saturated rings. The highest BCUT2D eigenvalue weighted by atomic mass is 14.9. The van der Waals surface area contributed by atoms with Gasteiger partial charge in [-0.1, -0.05) is 66.7 Å². The second-order valence-electron chi connectivity index (χ2n) is 5.25. The Morgan fingerprint density at radius 2 is 0.958 bits per heavy atom. The molecule has 0 spiro atoms. The van der Waals surface area contributed by atoms with Crippen LogP contribution in [0, 0.1) is 0 Å². The molecule has 24 heavy (non-hydrogen) atoms. The quantitative estimate of drug-likeness (QED) is 0.568. The van der Waals surface area contributed by atoms with Crippen molar-refractivity contribution in [2.75, 3.05) is 0 Å². The normalized spacial score (nSPS) is 12.2. The summed E-state index contributed by atoms with van der Waals surface area (Å²) < 4.78 is 0. The van der Waals surface area contributed by atoms with Crippen molar-refractivity contribution < 1.29 is 0 Å². The van der Waals surface area contributed by atoms with Crippen molar-refractivity contribution in [2.24, 2.45) is 21.5 Å². The van der Waals surface area contributed by atoms with Crippen LogP contribution in [0.5, 0.6) is 0 Å². The van der Waals surface area contributed by atoms with E-state index < -0.39 is 0 Å². The Morgan fingerprint density at radius 3 is 1.38 bits per heavy atom. The lowest BCUT2D eigenvalue weighted by atomic mass is 10.2. The Labute approximate surface area is 141 Å². The van der Waals surface area contributed by atoms with Gasteiger partial charge < -0.3 is 11.5 Å². The van der Waals surface area contributed by atoms with Gasteiger partial charge in [-0.05, 0) is 18.2 Å². The third kappa shape index (κ3) is 3.87. The van der Waals surface area contributed by atoms with Gasteiger partial charge >= 0.3 is 0 Å². The fourth-order valence-electron chi connectivity index (χ4n) is 2.26. The maximum Gasteiger partial charge on any atom is 0.131 e. The van der Waals surface area contributed by atoms with E-state index >= 15 is 0 Å². The summed E-state index contributed by atoms with van der Waals surface area (Å²) in [4.78, 5) is 8.91. The van der Waals surface area contributed by atoms with Crippen LogP contribution in [0.3, 0.4) is 0 Å². The van der Waals surface area contributed by atoms with Crippen molar-refractivity contribution in [3.8, 4) is 0 Å². The highest BCUT2D eigenvalue weighted by Crippen LogP contribution is 2.21. The number of hydrogen-bond acceptors (Lipinski definition) is 2. The summed E-state index contributed by atoms with van der Waals surface area (Å²) in [6.45, 7) is 0. The van der Waals surface area contributed by atoms with Crippen molar-refractivity contribution in [1.29, 1.82) is 0 Å². The first-order valence-corrected chi connectivity index (χ1v) is 7.61. The van der Waals surface area contributed by atoms with Crippen LogP contribution in [0.15, 0.2) is 94.9 Å². The van der Waals surface area contributed by atoms with E-state index in [1.807, 2.05) is 84.9 Å². The van der Waals surface area contributed by atoms with Gasteiger partial charge in [0.05, 0.1) is 11.4 Å². The maximum absolute atomic E-state index is 6.06. The fraction of sp³-hybridized carbons (Fsp3) is 0. The van der Waals surface area contributed by atoms with Crippen LogP contribution < -0.4 is 11.5 Å². The number of benzene rings is 3. The molecule has 0 aromatic heterocycles. The van der Waals surface area contributed by atoms with Gasteiger partial charge in [-0.2, -0.15) is 0 Å². The highest BCUT2D eigenvalue weighted by Gasteiger charge is 2.01. The molecule has 0 aliphatic heterocycles. The van der Waals surface area contributed by atoms with Crippen molar-refractivity contribution in [2.45, 2.75) is 0 Å². The molecule has 0 aliphatic carbocycles. The predicted octanol–water partition coefficient (Wildman–Crippen LogP) is 3.76. The smallest absolute Gasteiger partial charge is 0.131 e. The van der Waals surface area contributed by atoms with Crippen LogP contribution in [-0.2, 0) is 0 Å². The second-order valence-corrected chi connectivity index (χ2v) is 5.25. The third-order valence-electron chi connectivity index (χ3n) is 3.47. The molecule has 0 atom stereocenters. The zero-order valence-electron chi connectivity index (χ0n) is 13.1. The first-order chi connectivity index (χ1) is 11.7. The van der Waals surface area contributed by atoms with Gasteiger partial charge in [-0.3, -0.25) is 0 Å². The molecule has 4 heteroatoms. The molecule has 3 rings (SSSR count). The van der Waals surface area contributed by atoms with Crippen LogP contribution >= 0.6 is 0 Å². The van der Waals surface area contributed by atoms with Gasteiger partial charge in [0.2, 0.25) is 0 Å². The monoisotopic (exact) mass is 314 g/mol. The molecule has 0 saturated heterocycles. The SMILES string of the molecule is NC(=Nc1cccc(N=C(N)c2ccccc2)c1)c1ccccc1. The van der Waals surface area contributed by atoms with Gasteiger partial charge in [0.15, 0.2) is 0 Å². The first-order valence-electron chi connectivity index (χ1n) is 7.61. The van der Waals surface area contributed by atoms with E-state index in [1.54, 1.807) is 0 Å². The molecule has 3 aromatic rings. The Morgan fingerprint density at radius 1 is 0.542 bits per heavy atom. The summed E-state index contributed by atoms with van der Waals surface area (Å²) in [6.07, 6.45) is 0.